The van der Waals surface area contributed by atoms with E-state index >= 15 is 0 Å². The molecule has 0 aromatic carbocycles. The van der Waals surface area contributed by atoms with E-state index in [4.69, 9.17) is 5.73 Å². The lowest BCUT2D eigenvalue weighted by Crippen LogP contribution is -2.28. The molecule has 0 spiro atoms. The highest BCUT2D eigenvalue weighted by Gasteiger charge is 2.31. The summed E-state index contributed by atoms with van der Waals surface area (Å²) in [6, 6.07) is 4.05. The highest BCUT2D eigenvalue weighted by atomic mass is 16.2. The van der Waals surface area contributed by atoms with Gasteiger partial charge in [-0.2, -0.15) is 0 Å². The van der Waals surface area contributed by atoms with Gasteiger partial charge in [0, 0.05) is 18.7 Å². The Hall–Kier alpha value is -1.42. The number of nitrogens with zero attached hydrogens (tertiary/aromatic N) is 2. The summed E-state index contributed by atoms with van der Waals surface area (Å²) in [7, 11) is 0. The third-order valence-corrected chi connectivity index (χ3v) is 3.27. The maximum atomic E-state index is 12.0. The SMILES string of the molecule is CCc1ccc(C)nc1N1CC(CN)CC1=O. The van der Waals surface area contributed by atoms with Gasteiger partial charge in [0.05, 0.1) is 0 Å². The standard InChI is InChI=1S/C13H19N3O/c1-3-11-5-4-9(2)15-13(11)16-8-10(7-14)6-12(16)17/h4-5,10H,3,6-8,14H2,1-2H3. The first-order chi connectivity index (χ1) is 8.15. The lowest BCUT2D eigenvalue weighted by Gasteiger charge is -2.19. The van der Waals surface area contributed by atoms with Crippen LogP contribution in [-0.4, -0.2) is 24.0 Å². The van der Waals surface area contributed by atoms with Crippen LogP contribution in [0.5, 0.6) is 0 Å². The monoisotopic (exact) mass is 233 g/mol. The third-order valence-electron chi connectivity index (χ3n) is 3.27. The molecule has 1 aromatic heterocycles. The van der Waals surface area contributed by atoms with Gasteiger partial charge in [-0.05, 0) is 37.4 Å². The highest BCUT2D eigenvalue weighted by molar-refractivity contribution is 5.95. The molecule has 1 amide bonds. The topological polar surface area (TPSA) is 59.2 Å². The first-order valence-electron chi connectivity index (χ1n) is 6.12. The number of aromatic nitrogens is 1. The molecule has 1 unspecified atom stereocenters. The van der Waals surface area contributed by atoms with Crippen molar-refractivity contribution < 1.29 is 4.79 Å². The molecule has 4 nitrogen and oxygen atoms in total. The molecule has 17 heavy (non-hydrogen) atoms. The van der Waals surface area contributed by atoms with Gasteiger partial charge in [-0.15, -0.1) is 0 Å². The Labute approximate surface area is 102 Å². The summed E-state index contributed by atoms with van der Waals surface area (Å²) in [6.45, 7) is 5.30. The molecule has 2 N–H and O–H groups in total. The molecule has 0 radical (unpaired) electrons. The lowest BCUT2D eigenvalue weighted by atomic mass is 10.1. The van der Waals surface area contributed by atoms with E-state index < -0.39 is 0 Å². The number of anilines is 1. The highest BCUT2D eigenvalue weighted by Crippen LogP contribution is 2.26. The molecule has 0 bridgehead atoms. The fourth-order valence-corrected chi connectivity index (χ4v) is 2.23. The number of amides is 1. The van der Waals surface area contributed by atoms with Crippen molar-refractivity contribution in [2.45, 2.75) is 26.7 Å². The van der Waals surface area contributed by atoms with Gasteiger partial charge in [0.1, 0.15) is 5.82 Å². The van der Waals surface area contributed by atoms with Gasteiger partial charge in [0.15, 0.2) is 0 Å². The Balaban J connectivity index is 2.33. The summed E-state index contributed by atoms with van der Waals surface area (Å²) in [6.07, 6.45) is 1.44. The normalized spacial score (nSPS) is 20.1. The smallest absolute Gasteiger partial charge is 0.228 e. The number of hydrogen-bond acceptors (Lipinski definition) is 3. The Kier molecular flexibility index (Phi) is 3.43. The summed E-state index contributed by atoms with van der Waals surface area (Å²) in [5.74, 6) is 1.25. The van der Waals surface area contributed by atoms with E-state index in [1.165, 1.54) is 0 Å². The molecule has 4 heteroatoms. The Morgan fingerprint density at radius 1 is 1.53 bits per heavy atom. The molecule has 0 aliphatic carbocycles. The van der Waals surface area contributed by atoms with Crippen molar-refractivity contribution in [1.29, 1.82) is 0 Å². The first-order valence-corrected chi connectivity index (χ1v) is 6.12. The van der Waals surface area contributed by atoms with Crippen LogP contribution >= 0.6 is 0 Å². The number of carbonyl (C=O) groups excluding carboxylic acids is 1. The molecule has 1 aromatic rings. The van der Waals surface area contributed by atoms with Gasteiger partial charge >= 0.3 is 0 Å². The van der Waals surface area contributed by atoms with Gasteiger partial charge in [0.25, 0.3) is 0 Å². The van der Waals surface area contributed by atoms with Crippen LogP contribution in [0.2, 0.25) is 0 Å². The van der Waals surface area contributed by atoms with E-state index in [9.17, 15) is 4.79 Å². The molecule has 1 saturated heterocycles. The number of aryl methyl sites for hydroxylation is 2. The predicted octanol–water partition coefficient (Wildman–Crippen LogP) is 1.26. The average molecular weight is 233 g/mol. The van der Waals surface area contributed by atoms with Crippen LogP contribution < -0.4 is 10.6 Å². The maximum Gasteiger partial charge on any atom is 0.228 e. The van der Waals surface area contributed by atoms with Crippen LogP contribution in [0.4, 0.5) is 5.82 Å². The first kappa shape index (κ1) is 12.0. The number of nitrogens with two attached hydrogens (primary N) is 1. The zero-order valence-electron chi connectivity index (χ0n) is 10.4. The summed E-state index contributed by atoms with van der Waals surface area (Å²) in [4.78, 5) is 18.3. The zero-order chi connectivity index (χ0) is 12.4. The second-order valence-corrected chi connectivity index (χ2v) is 4.60. The van der Waals surface area contributed by atoms with Crippen LogP contribution in [0.3, 0.4) is 0 Å². The quantitative estimate of drug-likeness (QED) is 0.855. The molecule has 1 fully saturated rings. The van der Waals surface area contributed by atoms with Crippen molar-refractivity contribution in [1.82, 2.24) is 4.98 Å². The van der Waals surface area contributed by atoms with Crippen molar-refractivity contribution in [3.63, 3.8) is 0 Å². The molecule has 92 valence electrons. The molecule has 2 heterocycles. The minimum absolute atomic E-state index is 0.147. The molecule has 1 aliphatic heterocycles. The van der Waals surface area contributed by atoms with Gasteiger partial charge < -0.3 is 5.73 Å². The van der Waals surface area contributed by atoms with E-state index in [2.05, 4.69) is 18.0 Å². The number of pyridine rings is 1. The van der Waals surface area contributed by atoms with E-state index in [1.807, 2.05) is 13.0 Å². The van der Waals surface area contributed by atoms with Crippen molar-refractivity contribution in [2.75, 3.05) is 18.0 Å². The fourth-order valence-electron chi connectivity index (χ4n) is 2.23. The predicted molar refractivity (Wildman–Crippen MR) is 67.9 cm³/mol. The van der Waals surface area contributed by atoms with Crippen molar-refractivity contribution >= 4 is 11.7 Å². The molecule has 2 rings (SSSR count). The molecule has 1 atom stereocenters. The minimum Gasteiger partial charge on any atom is -0.330 e. The molecular weight excluding hydrogens is 214 g/mol. The van der Waals surface area contributed by atoms with Crippen LogP contribution in [0.25, 0.3) is 0 Å². The van der Waals surface area contributed by atoms with Gasteiger partial charge in [-0.3, -0.25) is 9.69 Å². The number of carbonyl (C=O) groups is 1. The van der Waals surface area contributed by atoms with Crippen LogP contribution in [-0.2, 0) is 11.2 Å². The van der Waals surface area contributed by atoms with Crippen LogP contribution in [0, 0.1) is 12.8 Å². The number of hydrogen-bond donors (Lipinski definition) is 1. The fraction of sp³-hybridized carbons (Fsp3) is 0.538. The second kappa shape index (κ2) is 4.84. The summed E-state index contributed by atoms with van der Waals surface area (Å²) < 4.78 is 0. The van der Waals surface area contributed by atoms with E-state index in [1.54, 1.807) is 4.90 Å². The molecule has 0 saturated carbocycles. The van der Waals surface area contributed by atoms with Crippen LogP contribution in [0.15, 0.2) is 12.1 Å². The largest absolute Gasteiger partial charge is 0.330 e. The van der Waals surface area contributed by atoms with E-state index in [0.717, 1.165) is 23.5 Å². The molecule has 1 aliphatic rings. The van der Waals surface area contributed by atoms with Crippen molar-refractivity contribution in [3.8, 4) is 0 Å². The Morgan fingerprint density at radius 3 is 2.88 bits per heavy atom. The van der Waals surface area contributed by atoms with Gasteiger partial charge in [-0.25, -0.2) is 4.98 Å². The summed E-state index contributed by atoms with van der Waals surface area (Å²) in [5, 5.41) is 0. The van der Waals surface area contributed by atoms with Crippen molar-refractivity contribution in [3.05, 3.63) is 23.4 Å². The van der Waals surface area contributed by atoms with Gasteiger partial charge in [-0.1, -0.05) is 13.0 Å². The van der Waals surface area contributed by atoms with Crippen molar-refractivity contribution in [2.24, 2.45) is 11.7 Å². The average Bonchev–Trinajstić information content (AvgIpc) is 2.70. The zero-order valence-corrected chi connectivity index (χ0v) is 10.4. The Morgan fingerprint density at radius 2 is 2.29 bits per heavy atom. The third kappa shape index (κ3) is 2.31. The Bertz CT molecular complexity index is 431. The maximum absolute atomic E-state index is 12.0. The number of rotatable bonds is 3. The minimum atomic E-state index is 0.147. The lowest BCUT2D eigenvalue weighted by molar-refractivity contribution is -0.117. The summed E-state index contributed by atoms with van der Waals surface area (Å²) in [5.41, 5.74) is 7.71. The second-order valence-electron chi connectivity index (χ2n) is 4.60. The van der Waals surface area contributed by atoms with Gasteiger partial charge in [0.2, 0.25) is 5.91 Å². The van der Waals surface area contributed by atoms with Crippen LogP contribution in [0.1, 0.15) is 24.6 Å². The van der Waals surface area contributed by atoms with E-state index in [-0.39, 0.29) is 11.8 Å². The van der Waals surface area contributed by atoms with E-state index in [0.29, 0.717) is 19.5 Å². The molecular formula is C13H19N3O. The summed E-state index contributed by atoms with van der Waals surface area (Å²) >= 11 is 0.